The lowest BCUT2D eigenvalue weighted by molar-refractivity contribution is 1.16. The number of hydrogen-bond acceptors (Lipinski definition) is 2. The molecule has 0 radical (unpaired) electrons. The number of nitrogens with zero attached hydrogens (tertiary/aromatic N) is 5. The molecule has 0 spiro atoms. The summed E-state index contributed by atoms with van der Waals surface area (Å²) in [5, 5.41) is 27.4. The SMILES string of the molecule is N#Cc1cc(-c2ccccc2-n2c3ccccc3c3ccccc32)cc(-n2c3ccc(C#N)cc3c3c(-n4c5ccccc5c5ccccc54)cccc32)c1. The first-order valence-electron chi connectivity index (χ1n) is 18.3. The van der Waals surface area contributed by atoms with Crippen molar-refractivity contribution in [3.63, 3.8) is 0 Å². The average Bonchev–Trinajstić information content (AvgIpc) is 3.89. The summed E-state index contributed by atoms with van der Waals surface area (Å²) < 4.78 is 6.92. The largest absolute Gasteiger partial charge is 0.309 e. The highest BCUT2D eigenvalue weighted by atomic mass is 15.0. The minimum atomic E-state index is 0.562. The van der Waals surface area contributed by atoms with Crippen LogP contribution in [0.2, 0.25) is 0 Å². The number of benzene rings is 8. The molecule has 3 aromatic heterocycles. The van der Waals surface area contributed by atoms with E-state index in [2.05, 4.69) is 171 Å². The van der Waals surface area contributed by atoms with Crippen molar-refractivity contribution in [3.8, 4) is 40.3 Å². The molecule has 0 saturated carbocycles. The lowest BCUT2D eigenvalue weighted by Crippen LogP contribution is -2.00. The molecular weight excluding hydrogens is 671 g/mol. The van der Waals surface area contributed by atoms with Gasteiger partial charge in [-0.2, -0.15) is 10.5 Å². The monoisotopic (exact) mass is 699 g/mol. The molecule has 0 bridgehead atoms. The van der Waals surface area contributed by atoms with Gasteiger partial charge < -0.3 is 13.7 Å². The predicted molar refractivity (Wildman–Crippen MR) is 224 cm³/mol. The Morgan fingerprint density at radius 3 is 1.44 bits per heavy atom. The van der Waals surface area contributed by atoms with E-state index in [-0.39, 0.29) is 0 Å². The second-order valence-corrected chi connectivity index (χ2v) is 14.0. The average molecular weight is 700 g/mol. The quantitative estimate of drug-likeness (QED) is 0.184. The van der Waals surface area contributed by atoms with Crippen molar-refractivity contribution in [2.75, 3.05) is 0 Å². The van der Waals surface area contributed by atoms with Crippen molar-refractivity contribution in [1.82, 2.24) is 13.7 Å². The summed E-state index contributed by atoms with van der Waals surface area (Å²) in [6.07, 6.45) is 0. The van der Waals surface area contributed by atoms with E-state index in [0.717, 1.165) is 72.1 Å². The maximum atomic E-state index is 10.5. The van der Waals surface area contributed by atoms with E-state index in [1.807, 2.05) is 30.3 Å². The van der Waals surface area contributed by atoms with Crippen molar-refractivity contribution in [1.29, 1.82) is 10.5 Å². The highest BCUT2D eigenvalue weighted by Crippen LogP contribution is 2.42. The zero-order chi connectivity index (χ0) is 36.6. The first-order valence-corrected chi connectivity index (χ1v) is 18.3. The normalized spacial score (nSPS) is 11.6. The number of para-hydroxylation sites is 5. The van der Waals surface area contributed by atoms with Gasteiger partial charge in [-0.25, -0.2) is 0 Å². The highest BCUT2D eigenvalue weighted by Gasteiger charge is 2.21. The van der Waals surface area contributed by atoms with E-state index in [9.17, 15) is 10.5 Å². The third-order valence-corrected chi connectivity index (χ3v) is 11.1. The third-order valence-electron chi connectivity index (χ3n) is 11.1. The Morgan fingerprint density at radius 2 is 0.836 bits per heavy atom. The number of hydrogen-bond donors (Lipinski definition) is 0. The van der Waals surface area contributed by atoms with Gasteiger partial charge in [0.1, 0.15) is 0 Å². The number of fused-ring (bicyclic) bond motifs is 9. The van der Waals surface area contributed by atoms with Crippen molar-refractivity contribution in [2.45, 2.75) is 0 Å². The topological polar surface area (TPSA) is 62.4 Å². The molecule has 0 amide bonds. The lowest BCUT2D eigenvalue weighted by Gasteiger charge is -2.16. The molecule has 8 aromatic carbocycles. The van der Waals surface area contributed by atoms with E-state index in [1.54, 1.807) is 0 Å². The van der Waals surface area contributed by atoms with Crippen molar-refractivity contribution < 1.29 is 0 Å². The molecule has 55 heavy (non-hydrogen) atoms. The summed E-state index contributed by atoms with van der Waals surface area (Å²) in [5.41, 5.74) is 12.5. The van der Waals surface area contributed by atoms with Crippen LogP contribution in [0.5, 0.6) is 0 Å². The molecule has 11 rings (SSSR count). The van der Waals surface area contributed by atoms with E-state index in [1.165, 1.54) is 21.5 Å². The van der Waals surface area contributed by atoms with Crippen LogP contribution in [0.4, 0.5) is 0 Å². The zero-order valence-corrected chi connectivity index (χ0v) is 29.5. The van der Waals surface area contributed by atoms with E-state index < -0.39 is 0 Å². The number of rotatable bonds is 4. The Labute approximate surface area is 316 Å². The van der Waals surface area contributed by atoms with Crippen LogP contribution in [0, 0.1) is 22.7 Å². The second-order valence-electron chi connectivity index (χ2n) is 14.0. The minimum Gasteiger partial charge on any atom is -0.309 e. The molecule has 0 atom stereocenters. The molecule has 254 valence electrons. The molecule has 0 fully saturated rings. The number of nitriles is 2. The summed E-state index contributed by atoms with van der Waals surface area (Å²) in [5.74, 6) is 0. The lowest BCUT2D eigenvalue weighted by atomic mass is 10.00. The van der Waals surface area contributed by atoms with Gasteiger partial charge in [0.05, 0.1) is 67.7 Å². The molecule has 0 unspecified atom stereocenters. The fourth-order valence-electron chi connectivity index (χ4n) is 8.82. The van der Waals surface area contributed by atoms with Gasteiger partial charge in [0.2, 0.25) is 0 Å². The fourth-order valence-corrected chi connectivity index (χ4v) is 8.82. The predicted octanol–water partition coefficient (Wildman–Crippen LogP) is 12.4. The Bertz CT molecular complexity index is 3360. The highest BCUT2D eigenvalue weighted by molar-refractivity contribution is 6.17. The zero-order valence-electron chi connectivity index (χ0n) is 29.5. The van der Waals surface area contributed by atoms with Crippen LogP contribution in [-0.4, -0.2) is 13.7 Å². The minimum absolute atomic E-state index is 0.562. The van der Waals surface area contributed by atoms with Crippen molar-refractivity contribution in [2.24, 2.45) is 0 Å². The maximum absolute atomic E-state index is 10.5. The second kappa shape index (κ2) is 11.8. The molecule has 0 aliphatic heterocycles. The Kier molecular flexibility index (Phi) is 6.61. The van der Waals surface area contributed by atoms with E-state index >= 15 is 0 Å². The van der Waals surface area contributed by atoms with Gasteiger partial charge >= 0.3 is 0 Å². The summed E-state index contributed by atoms with van der Waals surface area (Å²) in [4.78, 5) is 0. The maximum Gasteiger partial charge on any atom is 0.0992 e. The molecule has 3 heterocycles. The van der Waals surface area contributed by atoms with Crippen LogP contribution in [0.3, 0.4) is 0 Å². The Hall–Kier alpha value is -7.86. The Balaban J connectivity index is 1.21. The standard InChI is InChI=1S/C50H29N5/c51-30-32-24-25-47-41(28-32)50-48(22-11-23-49(50)55-45-20-9-4-15-39(45)40-16-5-10-21-46(40)55)53(47)35-27-33(31-52)26-34(29-35)36-12-1-6-17-42(36)54-43-18-7-2-13-37(43)38-14-3-8-19-44(38)54/h1-29H. The van der Waals surface area contributed by atoms with Gasteiger partial charge in [0.25, 0.3) is 0 Å². The molecule has 0 N–H and O–H groups in total. The third kappa shape index (κ3) is 4.45. The van der Waals surface area contributed by atoms with Crippen LogP contribution in [0.1, 0.15) is 11.1 Å². The van der Waals surface area contributed by atoms with E-state index in [4.69, 9.17) is 0 Å². The van der Waals surface area contributed by atoms with Gasteiger partial charge in [0.15, 0.2) is 0 Å². The van der Waals surface area contributed by atoms with E-state index in [0.29, 0.717) is 11.1 Å². The van der Waals surface area contributed by atoms with Crippen LogP contribution < -0.4 is 0 Å². The molecule has 11 aromatic rings. The van der Waals surface area contributed by atoms with Crippen molar-refractivity contribution >= 4 is 65.4 Å². The van der Waals surface area contributed by atoms with Gasteiger partial charge in [-0.1, -0.05) is 97.1 Å². The first-order chi connectivity index (χ1) is 27.2. The molecular formula is C50H29N5. The molecule has 5 nitrogen and oxygen atoms in total. The fraction of sp³-hybridized carbons (Fsp3) is 0. The summed E-state index contributed by atoms with van der Waals surface area (Å²) in [6, 6.07) is 65.9. The van der Waals surface area contributed by atoms with Gasteiger partial charge in [-0.15, -0.1) is 0 Å². The van der Waals surface area contributed by atoms with Gasteiger partial charge in [-0.3, -0.25) is 0 Å². The van der Waals surface area contributed by atoms with Gasteiger partial charge in [-0.05, 0) is 84.4 Å². The smallest absolute Gasteiger partial charge is 0.0992 e. The summed E-state index contributed by atoms with van der Waals surface area (Å²) >= 11 is 0. The first kappa shape index (κ1) is 30.7. The Morgan fingerprint density at radius 1 is 0.345 bits per heavy atom. The van der Waals surface area contributed by atoms with Crippen LogP contribution in [0.15, 0.2) is 176 Å². The number of aromatic nitrogens is 3. The summed E-state index contributed by atoms with van der Waals surface area (Å²) in [7, 11) is 0. The molecule has 0 aliphatic carbocycles. The van der Waals surface area contributed by atoms with Gasteiger partial charge in [0, 0.05) is 43.6 Å². The van der Waals surface area contributed by atoms with Crippen LogP contribution in [0.25, 0.3) is 93.6 Å². The summed E-state index contributed by atoms with van der Waals surface area (Å²) in [6.45, 7) is 0. The molecule has 0 aliphatic rings. The van der Waals surface area contributed by atoms with Crippen LogP contribution >= 0.6 is 0 Å². The molecule has 0 saturated heterocycles. The van der Waals surface area contributed by atoms with Crippen LogP contribution in [-0.2, 0) is 0 Å². The molecule has 5 heteroatoms. The van der Waals surface area contributed by atoms with Crippen molar-refractivity contribution in [3.05, 3.63) is 187 Å².